The number of ketones is 2. The number of amides is 1. The second kappa shape index (κ2) is 10.8. The van der Waals surface area contributed by atoms with Crippen molar-refractivity contribution in [2.75, 3.05) is 25.6 Å². The van der Waals surface area contributed by atoms with Gasteiger partial charge in [-0.2, -0.15) is 0 Å². The molecule has 0 bridgehead atoms. The SMILES string of the molecule is CCN1C2=C(C(=O)CC(C)(C)C2)C(c2ccccc2OCC(=O)Nc2ccccc2OC)C2=C1CC(C)(C)CC2=O. The van der Waals surface area contributed by atoms with E-state index in [2.05, 4.69) is 44.8 Å². The molecular formula is C34H40N2O5. The first-order valence-electron chi connectivity index (χ1n) is 14.4. The first-order chi connectivity index (χ1) is 19.4. The molecular weight excluding hydrogens is 516 g/mol. The predicted molar refractivity (Wildman–Crippen MR) is 159 cm³/mol. The number of Topliss-reactive ketones (excluding diaryl/α,β-unsaturated/α-hetero) is 2. The molecule has 2 aromatic rings. The van der Waals surface area contributed by atoms with Gasteiger partial charge in [-0.1, -0.05) is 58.0 Å². The second-order valence-corrected chi connectivity index (χ2v) is 12.9. The van der Waals surface area contributed by atoms with Crippen LogP contribution in [-0.4, -0.2) is 42.6 Å². The average molecular weight is 557 g/mol. The lowest BCUT2D eigenvalue weighted by Crippen LogP contribution is -2.44. The Morgan fingerprint density at radius 3 is 1.95 bits per heavy atom. The summed E-state index contributed by atoms with van der Waals surface area (Å²) in [7, 11) is 1.55. The molecule has 5 rings (SSSR count). The third kappa shape index (κ3) is 5.54. The van der Waals surface area contributed by atoms with Crippen LogP contribution < -0.4 is 14.8 Å². The van der Waals surface area contributed by atoms with Gasteiger partial charge in [-0.05, 0) is 48.8 Å². The van der Waals surface area contributed by atoms with Crippen LogP contribution in [0.25, 0.3) is 0 Å². The third-order valence-corrected chi connectivity index (χ3v) is 8.31. The lowest BCUT2D eigenvalue weighted by Gasteiger charge is -2.49. The largest absolute Gasteiger partial charge is 0.495 e. The molecule has 0 unspecified atom stereocenters. The summed E-state index contributed by atoms with van der Waals surface area (Å²) in [5.41, 5.74) is 4.40. The highest BCUT2D eigenvalue weighted by Crippen LogP contribution is 2.55. The van der Waals surface area contributed by atoms with E-state index >= 15 is 0 Å². The molecule has 1 heterocycles. The van der Waals surface area contributed by atoms with Gasteiger partial charge in [0.05, 0.1) is 12.8 Å². The summed E-state index contributed by atoms with van der Waals surface area (Å²) in [5, 5.41) is 2.84. The number of para-hydroxylation sites is 3. The topological polar surface area (TPSA) is 84.9 Å². The van der Waals surface area contributed by atoms with Crippen molar-refractivity contribution in [1.29, 1.82) is 0 Å². The fraction of sp³-hybridized carbons (Fsp3) is 0.441. The Bertz CT molecular complexity index is 1410. The van der Waals surface area contributed by atoms with Crippen molar-refractivity contribution in [2.45, 2.75) is 66.2 Å². The normalized spacial score (nSPS) is 20.0. The van der Waals surface area contributed by atoms with E-state index in [0.29, 0.717) is 47.7 Å². The summed E-state index contributed by atoms with van der Waals surface area (Å²) in [6, 6.07) is 14.7. The van der Waals surface area contributed by atoms with Crippen molar-refractivity contribution < 1.29 is 23.9 Å². The van der Waals surface area contributed by atoms with Crippen molar-refractivity contribution in [1.82, 2.24) is 4.90 Å². The molecule has 1 N–H and O–H groups in total. The molecule has 7 nitrogen and oxygen atoms in total. The lowest BCUT2D eigenvalue weighted by molar-refractivity contribution is -0.120. The molecule has 0 aromatic heterocycles. The van der Waals surface area contributed by atoms with Crippen molar-refractivity contribution >= 4 is 23.2 Å². The molecule has 2 aliphatic carbocycles. The number of benzene rings is 2. The Hall–Kier alpha value is -3.87. The van der Waals surface area contributed by atoms with Crippen LogP contribution >= 0.6 is 0 Å². The van der Waals surface area contributed by atoms with Gasteiger partial charge < -0.3 is 19.7 Å². The molecule has 0 saturated heterocycles. The van der Waals surface area contributed by atoms with Crippen LogP contribution in [0.4, 0.5) is 5.69 Å². The summed E-state index contributed by atoms with van der Waals surface area (Å²) >= 11 is 0. The van der Waals surface area contributed by atoms with Gasteiger partial charge >= 0.3 is 0 Å². The number of carbonyl (C=O) groups excluding carboxylic acids is 3. The first kappa shape index (κ1) is 28.7. The number of nitrogens with zero attached hydrogens (tertiary/aromatic N) is 1. The number of methoxy groups -OCH3 is 1. The van der Waals surface area contributed by atoms with Crippen LogP contribution in [-0.2, 0) is 14.4 Å². The van der Waals surface area contributed by atoms with Crippen LogP contribution in [0.5, 0.6) is 11.5 Å². The average Bonchev–Trinajstić information content (AvgIpc) is 2.90. The fourth-order valence-corrected chi connectivity index (χ4v) is 6.67. The van der Waals surface area contributed by atoms with Gasteiger partial charge in [0.25, 0.3) is 5.91 Å². The molecule has 0 fully saturated rings. The smallest absolute Gasteiger partial charge is 0.262 e. The Kier molecular flexibility index (Phi) is 7.58. The van der Waals surface area contributed by atoms with E-state index < -0.39 is 5.92 Å². The number of nitrogens with one attached hydrogen (secondary N) is 1. The van der Waals surface area contributed by atoms with Crippen LogP contribution in [0.1, 0.15) is 71.8 Å². The van der Waals surface area contributed by atoms with Crippen molar-refractivity contribution in [3.63, 3.8) is 0 Å². The Morgan fingerprint density at radius 2 is 1.39 bits per heavy atom. The fourth-order valence-electron chi connectivity index (χ4n) is 6.67. The summed E-state index contributed by atoms with van der Waals surface area (Å²) < 4.78 is 11.5. The Morgan fingerprint density at radius 1 is 0.854 bits per heavy atom. The maximum atomic E-state index is 13.9. The summed E-state index contributed by atoms with van der Waals surface area (Å²) in [5.74, 6) is 0.339. The van der Waals surface area contributed by atoms with E-state index in [9.17, 15) is 14.4 Å². The number of anilines is 1. The number of hydrogen-bond donors (Lipinski definition) is 1. The van der Waals surface area contributed by atoms with E-state index in [4.69, 9.17) is 9.47 Å². The van der Waals surface area contributed by atoms with Crippen molar-refractivity contribution in [3.8, 4) is 11.5 Å². The minimum atomic E-state index is -0.525. The molecule has 0 spiro atoms. The predicted octanol–water partition coefficient (Wildman–Crippen LogP) is 6.42. The van der Waals surface area contributed by atoms with E-state index in [1.54, 1.807) is 19.2 Å². The number of ether oxygens (including phenoxy) is 2. The zero-order chi connectivity index (χ0) is 29.5. The van der Waals surface area contributed by atoms with Gasteiger partial charge in [-0.15, -0.1) is 0 Å². The van der Waals surface area contributed by atoms with Gasteiger partial charge in [0.15, 0.2) is 18.2 Å². The maximum absolute atomic E-state index is 13.9. The number of allylic oxidation sites excluding steroid dienone is 4. The minimum Gasteiger partial charge on any atom is -0.495 e. The molecule has 216 valence electrons. The molecule has 1 amide bonds. The van der Waals surface area contributed by atoms with Crippen molar-refractivity contribution in [3.05, 3.63) is 76.6 Å². The van der Waals surface area contributed by atoms with Crippen molar-refractivity contribution in [2.24, 2.45) is 10.8 Å². The van der Waals surface area contributed by atoms with E-state index in [1.807, 2.05) is 36.4 Å². The van der Waals surface area contributed by atoms with E-state index in [0.717, 1.165) is 29.8 Å². The molecule has 41 heavy (non-hydrogen) atoms. The summed E-state index contributed by atoms with van der Waals surface area (Å²) in [6.07, 6.45) is 2.36. The lowest BCUT2D eigenvalue weighted by atomic mass is 9.63. The highest BCUT2D eigenvalue weighted by Gasteiger charge is 2.49. The number of carbonyl (C=O) groups is 3. The van der Waals surface area contributed by atoms with E-state index in [-0.39, 0.29) is 34.9 Å². The van der Waals surface area contributed by atoms with Crippen LogP contribution in [0, 0.1) is 10.8 Å². The molecule has 1 aliphatic heterocycles. The van der Waals surface area contributed by atoms with Gasteiger partial charge in [0, 0.05) is 53.4 Å². The Balaban J connectivity index is 1.55. The second-order valence-electron chi connectivity index (χ2n) is 12.9. The van der Waals surface area contributed by atoms with Gasteiger partial charge in [0.1, 0.15) is 11.5 Å². The summed E-state index contributed by atoms with van der Waals surface area (Å²) in [6.45, 7) is 11.1. The van der Waals surface area contributed by atoms with Gasteiger partial charge in [0.2, 0.25) is 0 Å². The molecule has 3 aliphatic rings. The molecule has 2 aromatic carbocycles. The highest BCUT2D eigenvalue weighted by atomic mass is 16.5. The molecule has 0 atom stereocenters. The minimum absolute atomic E-state index is 0.0765. The number of rotatable bonds is 7. The zero-order valence-electron chi connectivity index (χ0n) is 24.9. The van der Waals surface area contributed by atoms with E-state index in [1.165, 1.54) is 0 Å². The summed E-state index contributed by atoms with van der Waals surface area (Å²) in [4.78, 5) is 42.9. The molecule has 0 radical (unpaired) electrons. The first-order valence-corrected chi connectivity index (χ1v) is 14.4. The van der Waals surface area contributed by atoms with Crippen LogP contribution in [0.3, 0.4) is 0 Å². The van der Waals surface area contributed by atoms with Gasteiger partial charge in [-0.3, -0.25) is 14.4 Å². The zero-order valence-corrected chi connectivity index (χ0v) is 24.9. The van der Waals surface area contributed by atoms with Gasteiger partial charge in [-0.25, -0.2) is 0 Å². The maximum Gasteiger partial charge on any atom is 0.262 e. The standard InChI is InChI=1S/C34H40N2O5/c1-7-36-23-16-33(2,3)18-25(37)31(23)30(32-24(36)17-34(4,5)19-26(32)38)21-12-8-10-14-27(21)41-20-29(39)35-22-13-9-11-15-28(22)40-6/h8-15,30H,7,16-20H2,1-6H3,(H,35,39). The monoisotopic (exact) mass is 556 g/mol. The quantitative estimate of drug-likeness (QED) is 0.424. The Labute approximate surface area is 242 Å². The van der Waals surface area contributed by atoms with Crippen LogP contribution in [0.2, 0.25) is 0 Å². The molecule has 0 saturated carbocycles. The highest BCUT2D eigenvalue weighted by molar-refractivity contribution is 6.07. The third-order valence-electron chi connectivity index (χ3n) is 8.31. The molecule has 7 heteroatoms. The van der Waals surface area contributed by atoms with Crippen LogP contribution in [0.15, 0.2) is 71.1 Å². The number of hydrogen-bond acceptors (Lipinski definition) is 6.